The molecule has 0 saturated carbocycles. The molecule has 1 unspecified atom stereocenters. The smallest absolute Gasteiger partial charge is 0.262 e. The molecule has 156 valence electrons. The number of hydrazone groups is 1. The predicted octanol–water partition coefficient (Wildman–Crippen LogP) is 5.83. The fourth-order valence-corrected chi connectivity index (χ4v) is 4.22. The van der Waals surface area contributed by atoms with E-state index in [1.54, 1.807) is 6.21 Å². The number of carbonyl (C=O) groups excluding carboxylic acids is 1. The van der Waals surface area contributed by atoms with Gasteiger partial charge in [-0.05, 0) is 53.6 Å². The number of nitrogens with zero attached hydrogens (tertiary/aromatic N) is 4. The fraction of sp³-hybridized carbons (Fsp3) is 0.111. The first-order chi connectivity index (χ1) is 15.6. The van der Waals surface area contributed by atoms with E-state index in [1.165, 1.54) is 5.01 Å². The van der Waals surface area contributed by atoms with Gasteiger partial charge in [0, 0.05) is 5.56 Å². The Morgan fingerprint density at radius 1 is 0.906 bits per heavy atom. The predicted molar refractivity (Wildman–Crippen MR) is 133 cm³/mol. The summed E-state index contributed by atoms with van der Waals surface area (Å²) in [4.78, 5) is 13.0. The van der Waals surface area contributed by atoms with Gasteiger partial charge in [0.2, 0.25) is 0 Å². The maximum absolute atomic E-state index is 13.0. The van der Waals surface area contributed by atoms with E-state index in [0.29, 0.717) is 11.4 Å². The molecule has 5 nitrogen and oxygen atoms in total. The second-order valence-electron chi connectivity index (χ2n) is 7.88. The number of benzene rings is 4. The topological polar surface area (TPSA) is 57.4 Å². The lowest BCUT2D eigenvalue weighted by molar-refractivity contribution is -0.118. The Hall–Kier alpha value is -4.12. The molecular formula is C27H22N4O. The van der Waals surface area contributed by atoms with Crippen molar-refractivity contribution in [1.82, 2.24) is 0 Å². The van der Waals surface area contributed by atoms with Gasteiger partial charge >= 0.3 is 0 Å². The summed E-state index contributed by atoms with van der Waals surface area (Å²) in [5.41, 5.74) is 3.10. The van der Waals surface area contributed by atoms with E-state index in [4.69, 9.17) is 0 Å². The molecule has 0 bridgehead atoms. The maximum Gasteiger partial charge on any atom is 0.262 e. The molecule has 1 amide bonds. The maximum atomic E-state index is 13.0. The first-order valence-electron chi connectivity index (χ1n) is 10.6. The van der Waals surface area contributed by atoms with E-state index in [0.717, 1.165) is 32.8 Å². The summed E-state index contributed by atoms with van der Waals surface area (Å²) in [7, 11) is 0. The molecule has 0 saturated heterocycles. The zero-order valence-electron chi connectivity index (χ0n) is 17.9. The van der Waals surface area contributed by atoms with E-state index in [9.17, 15) is 4.79 Å². The quantitative estimate of drug-likeness (QED) is 0.234. The van der Waals surface area contributed by atoms with Crippen molar-refractivity contribution < 1.29 is 4.79 Å². The minimum Gasteiger partial charge on any atom is -0.271 e. The molecule has 0 aliphatic carbocycles. The average Bonchev–Trinajstić information content (AvgIpc) is 3.13. The van der Waals surface area contributed by atoms with Crippen LogP contribution in [0.1, 0.15) is 19.4 Å². The van der Waals surface area contributed by atoms with Crippen LogP contribution in [0.4, 0.5) is 5.69 Å². The van der Waals surface area contributed by atoms with Crippen LogP contribution in [-0.4, -0.2) is 23.5 Å². The van der Waals surface area contributed by atoms with Crippen LogP contribution in [0, 0.1) is 5.92 Å². The van der Waals surface area contributed by atoms with Gasteiger partial charge < -0.3 is 0 Å². The lowest BCUT2D eigenvalue weighted by Crippen LogP contribution is -2.31. The average molecular weight is 419 g/mol. The van der Waals surface area contributed by atoms with Crippen LogP contribution in [0.3, 0.4) is 0 Å². The molecule has 0 N–H and O–H groups in total. The molecule has 1 aliphatic rings. The number of anilines is 1. The highest BCUT2D eigenvalue weighted by molar-refractivity contribution is 6.27. The minimum atomic E-state index is -0.503. The zero-order chi connectivity index (χ0) is 22.1. The minimum absolute atomic E-state index is 0.110. The third-order valence-corrected chi connectivity index (χ3v) is 5.76. The van der Waals surface area contributed by atoms with Crippen LogP contribution in [0.25, 0.3) is 21.5 Å². The van der Waals surface area contributed by atoms with Crippen LogP contribution < -0.4 is 5.01 Å². The van der Waals surface area contributed by atoms with Crippen molar-refractivity contribution >= 4 is 50.8 Å². The lowest BCUT2D eigenvalue weighted by Gasteiger charge is -2.13. The molecule has 5 heteroatoms. The van der Waals surface area contributed by atoms with Gasteiger partial charge in [0.25, 0.3) is 5.91 Å². The van der Waals surface area contributed by atoms with E-state index in [-0.39, 0.29) is 5.91 Å². The van der Waals surface area contributed by atoms with Crippen LogP contribution in [-0.2, 0) is 4.79 Å². The van der Waals surface area contributed by atoms with E-state index in [2.05, 4.69) is 45.6 Å². The Morgan fingerprint density at radius 2 is 1.50 bits per heavy atom. The number of rotatable bonds is 4. The first kappa shape index (κ1) is 19.8. The molecule has 32 heavy (non-hydrogen) atoms. The van der Waals surface area contributed by atoms with Crippen molar-refractivity contribution in [1.29, 1.82) is 0 Å². The number of hydrogen-bond donors (Lipinski definition) is 0. The monoisotopic (exact) mass is 418 g/mol. The molecule has 1 atom stereocenters. The van der Waals surface area contributed by atoms with Crippen molar-refractivity contribution in [2.24, 2.45) is 21.2 Å². The van der Waals surface area contributed by atoms with Crippen LogP contribution in [0.5, 0.6) is 0 Å². The summed E-state index contributed by atoms with van der Waals surface area (Å²) in [6, 6.07) is 28.1. The van der Waals surface area contributed by atoms with Crippen molar-refractivity contribution in [2.45, 2.75) is 13.8 Å². The SMILES string of the molecule is CC1=NN(c2ccccc2)C(=O)C1/C(C)=N\N=C\c1c2ccccc2cc2ccccc12. The molecule has 0 radical (unpaired) electrons. The van der Waals surface area contributed by atoms with Gasteiger partial charge in [0.05, 0.1) is 23.3 Å². The molecule has 1 heterocycles. The summed E-state index contributed by atoms with van der Waals surface area (Å²) >= 11 is 0. The number of hydrogen-bond acceptors (Lipinski definition) is 4. The number of amides is 1. The van der Waals surface area contributed by atoms with Gasteiger partial charge in [-0.1, -0.05) is 66.7 Å². The first-order valence-corrected chi connectivity index (χ1v) is 10.6. The molecule has 0 fully saturated rings. The zero-order valence-corrected chi connectivity index (χ0v) is 17.9. The molecule has 0 spiro atoms. The van der Waals surface area contributed by atoms with Gasteiger partial charge in [0.15, 0.2) is 0 Å². The Morgan fingerprint density at radius 3 is 2.16 bits per heavy atom. The number of fused-ring (bicyclic) bond motifs is 2. The van der Waals surface area contributed by atoms with Crippen molar-refractivity contribution in [3.8, 4) is 0 Å². The third kappa shape index (κ3) is 3.48. The standard InChI is InChI=1S/C27H22N4O/c1-18(26-19(2)30-31(27(26)32)22-12-4-3-5-13-22)29-28-17-25-23-14-8-6-10-20(23)16-21-11-7-9-15-24(21)25/h3-17,26H,1-2H3/b28-17+,29-18-. The van der Waals surface area contributed by atoms with E-state index >= 15 is 0 Å². The van der Waals surface area contributed by atoms with Gasteiger partial charge in [-0.15, -0.1) is 0 Å². The summed E-state index contributed by atoms with van der Waals surface area (Å²) in [5.74, 6) is -0.614. The normalized spacial score (nSPS) is 17.0. The van der Waals surface area contributed by atoms with Gasteiger partial charge in [0.1, 0.15) is 5.92 Å². The fourth-order valence-electron chi connectivity index (χ4n) is 4.22. The van der Waals surface area contributed by atoms with Crippen LogP contribution in [0.2, 0.25) is 0 Å². The number of para-hydroxylation sites is 1. The lowest BCUT2D eigenvalue weighted by atomic mass is 9.97. The highest BCUT2D eigenvalue weighted by Crippen LogP contribution is 2.28. The van der Waals surface area contributed by atoms with Crippen LogP contribution >= 0.6 is 0 Å². The summed E-state index contributed by atoms with van der Waals surface area (Å²) in [6.45, 7) is 3.68. The molecule has 0 aromatic heterocycles. The van der Waals surface area contributed by atoms with E-state index in [1.807, 2.05) is 68.4 Å². The molecule has 1 aliphatic heterocycles. The molecular weight excluding hydrogens is 396 g/mol. The Kier molecular flexibility index (Phi) is 5.07. The van der Waals surface area contributed by atoms with Crippen molar-refractivity contribution in [3.63, 3.8) is 0 Å². The second kappa shape index (κ2) is 8.19. The largest absolute Gasteiger partial charge is 0.271 e. The highest BCUT2D eigenvalue weighted by Gasteiger charge is 2.36. The molecule has 4 aromatic rings. The molecule has 5 rings (SSSR count). The highest BCUT2D eigenvalue weighted by atomic mass is 16.2. The third-order valence-electron chi connectivity index (χ3n) is 5.76. The Bertz CT molecular complexity index is 1370. The number of carbonyl (C=O) groups is 1. The van der Waals surface area contributed by atoms with Crippen molar-refractivity contribution in [3.05, 3.63) is 90.5 Å². The van der Waals surface area contributed by atoms with Crippen LogP contribution in [0.15, 0.2) is 100 Å². The van der Waals surface area contributed by atoms with Gasteiger partial charge in [-0.25, -0.2) is 0 Å². The second-order valence-corrected chi connectivity index (χ2v) is 7.88. The summed E-state index contributed by atoms with van der Waals surface area (Å²) in [5, 5.41) is 19.2. The molecule has 4 aromatic carbocycles. The summed E-state index contributed by atoms with van der Waals surface area (Å²) < 4.78 is 0. The summed E-state index contributed by atoms with van der Waals surface area (Å²) in [6.07, 6.45) is 1.79. The Balaban J connectivity index is 1.48. The van der Waals surface area contributed by atoms with Crippen molar-refractivity contribution in [2.75, 3.05) is 5.01 Å². The Labute approximate surface area is 186 Å². The van der Waals surface area contributed by atoms with E-state index < -0.39 is 5.92 Å². The van der Waals surface area contributed by atoms with Gasteiger partial charge in [-0.3, -0.25) is 4.79 Å². The van der Waals surface area contributed by atoms with Gasteiger partial charge in [-0.2, -0.15) is 20.3 Å².